The molecule has 1 N–H and O–H groups in total. The fraction of sp³-hybridized carbons (Fsp3) is 0. The Morgan fingerprint density at radius 3 is 1.94 bits per heavy atom. The summed E-state index contributed by atoms with van der Waals surface area (Å²) < 4.78 is 0. The number of nitrogens with one attached hydrogen (secondary N) is 1. The van der Waals surface area contributed by atoms with Crippen LogP contribution in [0.5, 0.6) is 0 Å². The van der Waals surface area contributed by atoms with Crippen LogP contribution in [0.4, 0.5) is 0 Å². The molecule has 0 atom stereocenters. The number of rotatable bonds is 1. The van der Waals surface area contributed by atoms with E-state index in [0.29, 0.717) is 0 Å². The lowest BCUT2D eigenvalue weighted by molar-refractivity contribution is -0.123. The highest BCUT2D eigenvalue weighted by molar-refractivity contribution is 6.56. The monoisotopic (exact) mass is 275 g/mol. The van der Waals surface area contributed by atoms with Crippen LogP contribution in [0.25, 0.3) is 5.57 Å². The van der Waals surface area contributed by atoms with Crippen molar-refractivity contribution in [3.8, 4) is 0 Å². The van der Waals surface area contributed by atoms with Gasteiger partial charge in [0.15, 0.2) is 0 Å². The predicted octanol–water partition coefficient (Wildman–Crippen LogP) is 2.60. The van der Waals surface area contributed by atoms with Crippen LogP contribution in [-0.4, -0.2) is 11.8 Å². The molecule has 1 aromatic carbocycles. The first-order valence-corrected chi connectivity index (χ1v) is 5.35. The zero-order chi connectivity index (χ0) is 11.9. The number of halogens is 3. The van der Waals surface area contributed by atoms with E-state index < -0.39 is 11.8 Å². The summed E-state index contributed by atoms with van der Waals surface area (Å²) in [5.74, 6) is -1.23. The maximum Gasteiger partial charge on any atom is 0.270 e. The molecule has 16 heavy (non-hydrogen) atoms. The first-order chi connectivity index (χ1) is 7.52. The maximum absolute atomic E-state index is 11.5. The third kappa shape index (κ3) is 1.71. The van der Waals surface area contributed by atoms with E-state index in [4.69, 9.17) is 34.8 Å². The highest BCUT2D eigenvalue weighted by Gasteiger charge is 2.32. The van der Waals surface area contributed by atoms with Gasteiger partial charge in [-0.15, -0.1) is 0 Å². The summed E-state index contributed by atoms with van der Waals surface area (Å²) in [5, 5.41) is 2.41. The molecule has 1 heterocycles. The van der Waals surface area contributed by atoms with Gasteiger partial charge in [0.1, 0.15) is 5.03 Å². The SMILES string of the molecule is O=C1NC(=O)C(c2c(Cl)cccc2Cl)=C1Cl. The van der Waals surface area contributed by atoms with Crippen molar-refractivity contribution >= 4 is 52.2 Å². The molecule has 0 aromatic heterocycles. The average molecular weight is 277 g/mol. The van der Waals surface area contributed by atoms with Gasteiger partial charge in [0.25, 0.3) is 11.8 Å². The van der Waals surface area contributed by atoms with Crippen LogP contribution in [0.15, 0.2) is 23.2 Å². The molecule has 0 bridgehead atoms. The van der Waals surface area contributed by atoms with Gasteiger partial charge in [0.2, 0.25) is 0 Å². The van der Waals surface area contributed by atoms with Crippen molar-refractivity contribution in [3.63, 3.8) is 0 Å². The van der Waals surface area contributed by atoms with Crippen molar-refractivity contribution in [1.29, 1.82) is 0 Å². The Morgan fingerprint density at radius 2 is 1.50 bits per heavy atom. The molecule has 3 nitrogen and oxygen atoms in total. The number of carbonyl (C=O) groups is 2. The maximum atomic E-state index is 11.5. The minimum absolute atomic E-state index is 0.0160. The number of imide groups is 1. The molecule has 0 saturated carbocycles. The summed E-state index contributed by atoms with van der Waals surface area (Å²) in [4.78, 5) is 22.7. The van der Waals surface area contributed by atoms with Crippen LogP contribution in [0, 0.1) is 0 Å². The van der Waals surface area contributed by atoms with Gasteiger partial charge in [-0.3, -0.25) is 14.9 Å². The summed E-state index contributed by atoms with van der Waals surface area (Å²) in [6.45, 7) is 0. The fourth-order valence-corrected chi connectivity index (χ4v) is 2.21. The lowest BCUT2D eigenvalue weighted by Gasteiger charge is -2.05. The molecule has 2 rings (SSSR count). The van der Waals surface area contributed by atoms with Crippen molar-refractivity contribution in [2.45, 2.75) is 0 Å². The second-order valence-electron chi connectivity index (χ2n) is 3.07. The standard InChI is InChI=1S/C10H4Cl3NO2/c11-4-2-1-3-5(12)6(4)7-8(13)10(16)14-9(7)15/h1-3H,(H,14,15,16). The molecule has 6 heteroatoms. The normalized spacial score (nSPS) is 15.7. The summed E-state index contributed by atoms with van der Waals surface area (Å²) >= 11 is 17.6. The lowest BCUT2D eigenvalue weighted by atomic mass is 10.1. The zero-order valence-corrected chi connectivity index (χ0v) is 9.95. The molecular weight excluding hydrogens is 272 g/mol. The second-order valence-corrected chi connectivity index (χ2v) is 4.26. The van der Waals surface area contributed by atoms with Crippen LogP contribution >= 0.6 is 34.8 Å². The van der Waals surface area contributed by atoms with Crippen LogP contribution in [0.3, 0.4) is 0 Å². The predicted molar refractivity (Wildman–Crippen MR) is 62.4 cm³/mol. The van der Waals surface area contributed by atoms with E-state index in [9.17, 15) is 9.59 Å². The van der Waals surface area contributed by atoms with E-state index in [1.165, 1.54) is 0 Å². The first kappa shape index (κ1) is 11.5. The van der Waals surface area contributed by atoms with Crippen molar-refractivity contribution in [2.24, 2.45) is 0 Å². The van der Waals surface area contributed by atoms with Gasteiger partial charge in [-0.2, -0.15) is 0 Å². The zero-order valence-electron chi connectivity index (χ0n) is 7.68. The quantitative estimate of drug-likeness (QED) is 0.801. The molecule has 0 fully saturated rings. The molecule has 2 amide bonds. The van der Waals surface area contributed by atoms with E-state index in [-0.39, 0.29) is 26.2 Å². The molecule has 0 saturated heterocycles. The molecule has 0 spiro atoms. The average Bonchev–Trinajstić information content (AvgIpc) is 2.44. The summed E-state index contributed by atoms with van der Waals surface area (Å²) in [6, 6.07) is 4.77. The number of hydrogen-bond donors (Lipinski definition) is 1. The molecular formula is C10H4Cl3NO2. The van der Waals surface area contributed by atoms with Crippen LogP contribution in [0.1, 0.15) is 5.56 Å². The van der Waals surface area contributed by atoms with Gasteiger partial charge >= 0.3 is 0 Å². The first-order valence-electron chi connectivity index (χ1n) is 4.22. The summed E-state index contributed by atoms with van der Waals surface area (Å²) in [5.41, 5.74) is 0.293. The van der Waals surface area contributed by atoms with Gasteiger partial charge in [0, 0.05) is 5.56 Å². The number of benzene rings is 1. The Bertz CT molecular complexity index is 517. The number of amides is 2. The highest BCUT2D eigenvalue weighted by atomic mass is 35.5. The van der Waals surface area contributed by atoms with E-state index >= 15 is 0 Å². The van der Waals surface area contributed by atoms with Gasteiger partial charge in [0.05, 0.1) is 15.6 Å². The Kier molecular flexibility index (Phi) is 2.93. The lowest BCUT2D eigenvalue weighted by Crippen LogP contribution is -2.22. The number of hydrogen-bond acceptors (Lipinski definition) is 2. The van der Waals surface area contributed by atoms with Crippen LogP contribution < -0.4 is 5.32 Å². The minimum atomic E-state index is -0.641. The van der Waals surface area contributed by atoms with Crippen molar-refractivity contribution in [1.82, 2.24) is 5.32 Å². The van der Waals surface area contributed by atoms with Crippen molar-refractivity contribution in [2.75, 3.05) is 0 Å². The highest BCUT2D eigenvalue weighted by Crippen LogP contribution is 2.35. The third-order valence-electron chi connectivity index (χ3n) is 2.09. The summed E-state index contributed by atoms with van der Waals surface area (Å²) in [7, 11) is 0. The topological polar surface area (TPSA) is 46.2 Å². The molecule has 0 radical (unpaired) electrons. The van der Waals surface area contributed by atoms with Crippen LogP contribution in [0.2, 0.25) is 10.0 Å². The molecule has 0 unspecified atom stereocenters. The van der Waals surface area contributed by atoms with Crippen LogP contribution in [-0.2, 0) is 9.59 Å². The fourth-order valence-electron chi connectivity index (χ4n) is 1.39. The van der Waals surface area contributed by atoms with Gasteiger partial charge in [-0.05, 0) is 12.1 Å². The van der Waals surface area contributed by atoms with E-state index in [2.05, 4.69) is 5.32 Å². The van der Waals surface area contributed by atoms with Gasteiger partial charge in [-0.1, -0.05) is 40.9 Å². The van der Waals surface area contributed by atoms with Crippen molar-refractivity contribution < 1.29 is 9.59 Å². The van der Waals surface area contributed by atoms with E-state index in [1.54, 1.807) is 18.2 Å². The Morgan fingerprint density at radius 1 is 0.938 bits per heavy atom. The molecule has 82 valence electrons. The Hall–Kier alpha value is -1.03. The van der Waals surface area contributed by atoms with E-state index in [1.807, 2.05) is 0 Å². The molecule has 1 aromatic rings. The van der Waals surface area contributed by atoms with Crippen molar-refractivity contribution in [3.05, 3.63) is 38.8 Å². The summed E-state index contributed by atoms with van der Waals surface area (Å²) in [6.07, 6.45) is 0. The minimum Gasteiger partial charge on any atom is -0.287 e. The second kappa shape index (κ2) is 4.09. The Balaban J connectivity index is 2.70. The number of carbonyl (C=O) groups excluding carboxylic acids is 2. The molecule has 0 aliphatic carbocycles. The molecule has 1 aliphatic heterocycles. The van der Waals surface area contributed by atoms with E-state index in [0.717, 1.165) is 0 Å². The Labute approximate surface area is 106 Å². The molecule has 1 aliphatic rings. The largest absolute Gasteiger partial charge is 0.287 e. The van der Waals surface area contributed by atoms with Gasteiger partial charge < -0.3 is 0 Å². The van der Waals surface area contributed by atoms with Gasteiger partial charge in [-0.25, -0.2) is 0 Å². The third-order valence-corrected chi connectivity index (χ3v) is 3.08. The smallest absolute Gasteiger partial charge is 0.270 e.